The third-order valence-corrected chi connectivity index (χ3v) is 5.94. The fourth-order valence-electron chi connectivity index (χ4n) is 4.28. The van der Waals surface area contributed by atoms with Gasteiger partial charge in [0.2, 0.25) is 0 Å². The molecule has 0 radical (unpaired) electrons. The van der Waals surface area contributed by atoms with Gasteiger partial charge in [-0.1, -0.05) is 45.0 Å². The van der Waals surface area contributed by atoms with Crippen LogP contribution in [0.2, 0.25) is 0 Å². The predicted octanol–water partition coefficient (Wildman–Crippen LogP) is 3.92. The van der Waals surface area contributed by atoms with Gasteiger partial charge in [-0.3, -0.25) is 5.32 Å². The smallest absolute Gasteiger partial charge is 0.405 e. The summed E-state index contributed by atoms with van der Waals surface area (Å²) in [5, 5.41) is 15.4. The Morgan fingerprint density at radius 3 is 2.41 bits per heavy atom. The molecule has 1 heterocycles. The number of benzene rings is 1. The maximum Gasteiger partial charge on any atom is 0.405 e. The Morgan fingerprint density at radius 1 is 1.19 bits per heavy atom. The zero-order valence-electron chi connectivity index (χ0n) is 16.6. The van der Waals surface area contributed by atoms with Gasteiger partial charge in [0, 0.05) is 18.4 Å². The Balaban J connectivity index is 1.89. The SMILES string of the molecule is CCC(NC(=O)O)NC1(c2cccc(C(C)C)c2)CCC2(CC1)OCCO2. The second kappa shape index (κ2) is 8.17. The van der Waals surface area contributed by atoms with Crippen LogP contribution in [-0.2, 0) is 15.0 Å². The molecule has 6 heteroatoms. The highest BCUT2D eigenvalue weighted by Crippen LogP contribution is 2.45. The van der Waals surface area contributed by atoms with Crippen molar-refractivity contribution in [3.8, 4) is 0 Å². The van der Waals surface area contributed by atoms with Gasteiger partial charge in [0.25, 0.3) is 0 Å². The zero-order valence-corrected chi connectivity index (χ0v) is 16.6. The summed E-state index contributed by atoms with van der Waals surface area (Å²) in [6.45, 7) is 7.68. The molecule has 1 spiro atoms. The van der Waals surface area contributed by atoms with Crippen molar-refractivity contribution in [3.63, 3.8) is 0 Å². The second-order valence-electron chi connectivity index (χ2n) is 8.02. The van der Waals surface area contributed by atoms with Gasteiger partial charge in [0.05, 0.1) is 19.4 Å². The molecule has 1 amide bonds. The van der Waals surface area contributed by atoms with Gasteiger partial charge >= 0.3 is 6.09 Å². The minimum Gasteiger partial charge on any atom is -0.465 e. The second-order valence-corrected chi connectivity index (χ2v) is 8.02. The standard InChI is InChI=1S/C21H32N2O4/c1-4-18(22-19(24)25)23-20(17-7-5-6-16(14-17)15(2)3)8-10-21(11-9-20)26-12-13-27-21/h5-7,14-15,18,22-23H,4,8-13H2,1-3H3,(H,24,25). The van der Waals surface area contributed by atoms with Gasteiger partial charge in [-0.05, 0) is 36.3 Å². The third kappa shape index (κ3) is 4.45. The lowest BCUT2D eigenvalue weighted by Gasteiger charge is -2.46. The number of carboxylic acid groups (broad SMARTS) is 1. The molecule has 3 rings (SSSR count). The van der Waals surface area contributed by atoms with Crippen molar-refractivity contribution in [3.05, 3.63) is 35.4 Å². The molecule has 1 saturated carbocycles. The Kier molecular flexibility index (Phi) is 6.08. The Bertz CT molecular complexity index is 645. The van der Waals surface area contributed by atoms with Gasteiger partial charge in [-0.2, -0.15) is 0 Å². The van der Waals surface area contributed by atoms with Crippen LogP contribution in [0.5, 0.6) is 0 Å². The van der Waals surface area contributed by atoms with E-state index in [0.29, 0.717) is 25.6 Å². The maximum absolute atomic E-state index is 11.2. The third-order valence-electron chi connectivity index (χ3n) is 5.94. The molecule has 2 fully saturated rings. The van der Waals surface area contributed by atoms with E-state index in [1.165, 1.54) is 11.1 Å². The molecule has 150 valence electrons. The molecule has 0 aromatic heterocycles. The summed E-state index contributed by atoms with van der Waals surface area (Å²) in [4.78, 5) is 11.2. The summed E-state index contributed by atoms with van der Waals surface area (Å²) in [5.74, 6) is -0.0134. The van der Waals surface area contributed by atoms with Crippen molar-refractivity contribution in [1.29, 1.82) is 0 Å². The Hall–Kier alpha value is -1.63. The lowest BCUT2D eigenvalue weighted by atomic mass is 9.73. The molecule has 1 aromatic carbocycles. The molecule has 2 aliphatic rings. The van der Waals surface area contributed by atoms with Crippen molar-refractivity contribution in [1.82, 2.24) is 10.6 Å². The van der Waals surface area contributed by atoms with E-state index in [1.807, 2.05) is 6.92 Å². The zero-order chi connectivity index (χ0) is 19.5. The van der Waals surface area contributed by atoms with Crippen LogP contribution in [0.4, 0.5) is 4.79 Å². The maximum atomic E-state index is 11.2. The van der Waals surface area contributed by atoms with E-state index >= 15 is 0 Å². The van der Waals surface area contributed by atoms with E-state index in [9.17, 15) is 9.90 Å². The normalized spacial score (nSPS) is 22.1. The van der Waals surface area contributed by atoms with Crippen LogP contribution in [0.3, 0.4) is 0 Å². The first-order chi connectivity index (χ1) is 12.9. The molecule has 1 saturated heterocycles. The van der Waals surface area contributed by atoms with Crippen molar-refractivity contribution < 1.29 is 19.4 Å². The fraction of sp³-hybridized carbons (Fsp3) is 0.667. The van der Waals surface area contributed by atoms with Crippen LogP contribution in [0.15, 0.2) is 24.3 Å². The van der Waals surface area contributed by atoms with Crippen LogP contribution in [0.25, 0.3) is 0 Å². The summed E-state index contributed by atoms with van der Waals surface area (Å²) >= 11 is 0. The van der Waals surface area contributed by atoms with Crippen LogP contribution < -0.4 is 10.6 Å². The van der Waals surface area contributed by atoms with E-state index < -0.39 is 11.9 Å². The Labute approximate surface area is 161 Å². The number of nitrogens with one attached hydrogen (secondary N) is 2. The van der Waals surface area contributed by atoms with Gasteiger partial charge in [0.1, 0.15) is 0 Å². The van der Waals surface area contributed by atoms with Crippen molar-refractivity contribution in [2.45, 2.75) is 76.3 Å². The molecule has 1 atom stereocenters. The number of rotatable bonds is 6. The lowest BCUT2D eigenvalue weighted by molar-refractivity contribution is -0.187. The molecule has 1 aromatic rings. The number of carbonyl (C=O) groups is 1. The van der Waals surface area contributed by atoms with Gasteiger partial charge in [-0.25, -0.2) is 4.79 Å². The number of ether oxygens (including phenoxy) is 2. The fourth-order valence-corrected chi connectivity index (χ4v) is 4.28. The van der Waals surface area contributed by atoms with E-state index in [-0.39, 0.29) is 11.7 Å². The quantitative estimate of drug-likeness (QED) is 0.656. The minimum absolute atomic E-state index is 0.297. The molecule has 1 aliphatic carbocycles. The van der Waals surface area contributed by atoms with Crippen molar-refractivity contribution >= 4 is 6.09 Å². The van der Waals surface area contributed by atoms with Crippen LogP contribution >= 0.6 is 0 Å². The predicted molar refractivity (Wildman–Crippen MR) is 104 cm³/mol. The first kappa shape index (κ1) is 20.1. The van der Waals surface area contributed by atoms with E-state index in [4.69, 9.17) is 9.47 Å². The average Bonchev–Trinajstić information content (AvgIpc) is 3.11. The summed E-state index contributed by atoms with van der Waals surface area (Å²) in [6, 6.07) is 8.68. The summed E-state index contributed by atoms with van der Waals surface area (Å²) in [7, 11) is 0. The minimum atomic E-state index is -1.00. The topological polar surface area (TPSA) is 79.8 Å². The van der Waals surface area contributed by atoms with Crippen molar-refractivity contribution in [2.75, 3.05) is 13.2 Å². The first-order valence-corrected chi connectivity index (χ1v) is 10.0. The largest absolute Gasteiger partial charge is 0.465 e. The molecular weight excluding hydrogens is 344 g/mol. The molecule has 27 heavy (non-hydrogen) atoms. The van der Waals surface area contributed by atoms with Crippen LogP contribution in [0.1, 0.15) is 69.9 Å². The molecule has 6 nitrogen and oxygen atoms in total. The van der Waals surface area contributed by atoms with Crippen molar-refractivity contribution in [2.24, 2.45) is 0 Å². The van der Waals surface area contributed by atoms with E-state index in [2.05, 4.69) is 48.7 Å². The highest BCUT2D eigenvalue weighted by atomic mass is 16.7. The molecule has 0 bridgehead atoms. The van der Waals surface area contributed by atoms with E-state index in [1.54, 1.807) is 0 Å². The van der Waals surface area contributed by atoms with Crippen LogP contribution in [0, 0.1) is 0 Å². The summed E-state index contributed by atoms with van der Waals surface area (Å²) < 4.78 is 11.8. The molecule has 1 aliphatic heterocycles. The number of amides is 1. The van der Waals surface area contributed by atoms with Crippen LogP contribution in [-0.4, -0.2) is 36.4 Å². The highest BCUT2D eigenvalue weighted by Gasteiger charge is 2.47. The average molecular weight is 376 g/mol. The molecular formula is C21H32N2O4. The Morgan fingerprint density at radius 2 is 1.85 bits per heavy atom. The van der Waals surface area contributed by atoms with Gasteiger partial charge in [-0.15, -0.1) is 0 Å². The number of hydrogen-bond donors (Lipinski definition) is 3. The lowest BCUT2D eigenvalue weighted by Crippen LogP contribution is -2.57. The first-order valence-electron chi connectivity index (χ1n) is 10.0. The van der Waals surface area contributed by atoms with E-state index in [0.717, 1.165) is 25.7 Å². The highest BCUT2D eigenvalue weighted by molar-refractivity contribution is 5.64. The molecule has 1 unspecified atom stereocenters. The summed E-state index contributed by atoms with van der Waals surface area (Å²) in [5.41, 5.74) is 2.21. The molecule has 3 N–H and O–H groups in total. The number of hydrogen-bond acceptors (Lipinski definition) is 4. The van der Waals surface area contributed by atoms with Gasteiger partial charge in [0.15, 0.2) is 5.79 Å². The summed E-state index contributed by atoms with van der Waals surface area (Å²) in [6.07, 6.45) is 2.65. The van der Waals surface area contributed by atoms with Gasteiger partial charge < -0.3 is 19.9 Å². The monoisotopic (exact) mass is 376 g/mol.